The predicted molar refractivity (Wildman–Crippen MR) is 78.5 cm³/mol. The van der Waals surface area contributed by atoms with Gasteiger partial charge in [-0.1, -0.05) is 0 Å². The Labute approximate surface area is 119 Å². The van der Waals surface area contributed by atoms with E-state index in [1.165, 1.54) is 37.0 Å². The van der Waals surface area contributed by atoms with E-state index in [-0.39, 0.29) is 5.91 Å². The van der Waals surface area contributed by atoms with Crippen LogP contribution in [0.5, 0.6) is 0 Å². The molecule has 1 aromatic heterocycles. The SMILES string of the molecule is CCN(C(=O)CNCc1cc2c(s1)CCC2)C1CC1. The van der Waals surface area contributed by atoms with Crippen molar-refractivity contribution in [2.45, 2.75) is 51.6 Å². The number of likely N-dealkylation sites (N-methyl/N-ethyl adjacent to an activating group) is 1. The first-order valence-corrected chi connectivity index (χ1v) is 8.20. The Morgan fingerprint density at radius 1 is 1.47 bits per heavy atom. The average Bonchev–Trinajstić information content (AvgIpc) is 2.99. The lowest BCUT2D eigenvalue weighted by Crippen LogP contribution is -2.39. The molecule has 0 atom stereocenters. The number of nitrogens with one attached hydrogen (secondary N) is 1. The summed E-state index contributed by atoms with van der Waals surface area (Å²) in [5.74, 6) is 0.258. The molecular weight excluding hydrogens is 256 g/mol. The van der Waals surface area contributed by atoms with Crippen molar-refractivity contribution in [2.75, 3.05) is 13.1 Å². The van der Waals surface area contributed by atoms with Gasteiger partial charge in [-0.2, -0.15) is 0 Å². The average molecular weight is 278 g/mol. The third kappa shape index (κ3) is 3.00. The normalized spacial score (nSPS) is 17.5. The van der Waals surface area contributed by atoms with Gasteiger partial charge in [-0.05, 0) is 50.7 Å². The van der Waals surface area contributed by atoms with E-state index in [4.69, 9.17) is 0 Å². The molecule has 1 saturated carbocycles. The number of amides is 1. The van der Waals surface area contributed by atoms with Crippen molar-refractivity contribution in [3.8, 4) is 0 Å². The number of aryl methyl sites for hydroxylation is 2. The summed E-state index contributed by atoms with van der Waals surface area (Å²) in [6, 6.07) is 2.85. The molecule has 104 valence electrons. The first kappa shape index (κ1) is 13.1. The first-order valence-electron chi connectivity index (χ1n) is 7.38. The summed E-state index contributed by atoms with van der Waals surface area (Å²) in [5.41, 5.74) is 1.54. The Morgan fingerprint density at radius 3 is 3.00 bits per heavy atom. The van der Waals surface area contributed by atoms with Gasteiger partial charge in [0.1, 0.15) is 0 Å². The molecule has 1 fully saturated rings. The van der Waals surface area contributed by atoms with Gasteiger partial charge in [-0.25, -0.2) is 0 Å². The Bertz CT molecular complexity index is 443. The van der Waals surface area contributed by atoms with E-state index in [0.717, 1.165) is 13.1 Å². The van der Waals surface area contributed by atoms with Gasteiger partial charge in [0, 0.05) is 28.9 Å². The van der Waals surface area contributed by atoms with E-state index < -0.39 is 0 Å². The Hall–Kier alpha value is -0.870. The van der Waals surface area contributed by atoms with Gasteiger partial charge in [-0.15, -0.1) is 11.3 Å². The van der Waals surface area contributed by atoms with Crippen LogP contribution in [0.1, 0.15) is 41.5 Å². The molecule has 0 radical (unpaired) electrons. The van der Waals surface area contributed by atoms with Crippen LogP contribution in [0.3, 0.4) is 0 Å². The fraction of sp³-hybridized carbons (Fsp3) is 0.667. The minimum atomic E-state index is 0.258. The number of nitrogens with zero attached hydrogens (tertiary/aromatic N) is 1. The molecule has 0 spiro atoms. The van der Waals surface area contributed by atoms with Gasteiger partial charge < -0.3 is 10.2 Å². The van der Waals surface area contributed by atoms with Gasteiger partial charge in [0.25, 0.3) is 0 Å². The first-order chi connectivity index (χ1) is 9.28. The summed E-state index contributed by atoms with van der Waals surface area (Å²) in [4.78, 5) is 17.0. The molecule has 1 N–H and O–H groups in total. The molecule has 0 bridgehead atoms. The van der Waals surface area contributed by atoms with Crippen molar-refractivity contribution in [3.63, 3.8) is 0 Å². The standard InChI is InChI=1S/C15H22N2OS/c1-2-17(12-6-7-12)15(18)10-16-9-13-8-11-4-3-5-14(11)19-13/h8,12,16H,2-7,9-10H2,1H3. The summed E-state index contributed by atoms with van der Waals surface area (Å²) < 4.78 is 0. The zero-order valence-electron chi connectivity index (χ0n) is 11.6. The van der Waals surface area contributed by atoms with Crippen LogP contribution in [0, 0.1) is 0 Å². The van der Waals surface area contributed by atoms with Crippen molar-refractivity contribution in [3.05, 3.63) is 21.4 Å². The third-order valence-corrected chi connectivity index (χ3v) is 5.26. The van der Waals surface area contributed by atoms with Gasteiger partial charge in [0.2, 0.25) is 5.91 Å². The molecule has 2 aliphatic carbocycles. The van der Waals surface area contributed by atoms with Gasteiger partial charge in [0.15, 0.2) is 0 Å². The summed E-state index contributed by atoms with van der Waals surface area (Å²) >= 11 is 1.92. The van der Waals surface area contributed by atoms with Crippen LogP contribution in [0.15, 0.2) is 6.07 Å². The van der Waals surface area contributed by atoms with Crippen molar-refractivity contribution in [1.29, 1.82) is 0 Å². The second-order valence-electron chi connectivity index (χ2n) is 5.53. The maximum Gasteiger partial charge on any atom is 0.236 e. The molecule has 4 heteroatoms. The predicted octanol–water partition coefficient (Wildman–Crippen LogP) is 2.34. The van der Waals surface area contributed by atoms with E-state index in [2.05, 4.69) is 18.3 Å². The lowest BCUT2D eigenvalue weighted by atomic mass is 10.2. The van der Waals surface area contributed by atoms with Gasteiger partial charge >= 0.3 is 0 Å². The molecule has 19 heavy (non-hydrogen) atoms. The van der Waals surface area contributed by atoms with Crippen LogP contribution in [0.2, 0.25) is 0 Å². The van der Waals surface area contributed by atoms with Crippen molar-refractivity contribution < 1.29 is 4.79 Å². The quantitative estimate of drug-likeness (QED) is 0.866. The van der Waals surface area contributed by atoms with Crippen LogP contribution in [0.4, 0.5) is 0 Å². The van der Waals surface area contributed by atoms with E-state index in [9.17, 15) is 4.79 Å². The molecule has 0 unspecified atom stereocenters. The highest BCUT2D eigenvalue weighted by Gasteiger charge is 2.30. The fourth-order valence-corrected chi connectivity index (χ4v) is 4.13. The molecule has 0 aromatic carbocycles. The molecule has 1 aromatic rings. The van der Waals surface area contributed by atoms with Crippen molar-refractivity contribution >= 4 is 17.2 Å². The van der Waals surface area contributed by atoms with Crippen LogP contribution in [-0.2, 0) is 24.2 Å². The number of thiophene rings is 1. The number of rotatable bonds is 6. The fourth-order valence-electron chi connectivity index (χ4n) is 2.90. The van der Waals surface area contributed by atoms with Crippen LogP contribution < -0.4 is 5.32 Å². The number of fused-ring (bicyclic) bond motifs is 1. The number of hydrogen-bond acceptors (Lipinski definition) is 3. The van der Waals surface area contributed by atoms with E-state index in [0.29, 0.717) is 12.6 Å². The maximum absolute atomic E-state index is 12.1. The van der Waals surface area contributed by atoms with Gasteiger partial charge in [-0.3, -0.25) is 4.79 Å². The largest absolute Gasteiger partial charge is 0.339 e. The van der Waals surface area contributed by atoms with Crippen molar-refractivity contribution in [1.82, 2.24) is 10.2 Å². The summed E-state index contributed by atoms with van der Waals surface area (Å²) in [6.07, 6.45) is 6.20. The van der Waals surface area contributed by atoms with Crippen LogP contribution in [0.25, 0.3) is 0 Å². The highest BCUT2D eigenvalue weighted by atomic mass is 32.1. The van der Waals surface area contributed by atoms with Gasteiger partial charge in [0.05, 0.1) is 6.54 Å². The Balaban J connectivity index is 1.45. The third-order valence-electron chi connectivity index (χ3n) is 4.02. The molecule has 3 nitrogen and oxygen atoms in total. The minimum absolute atomic E-state index is 0.258. The zero-order chi connectivity index (χ0) is 13.2. The summed E-state index contributed by atoms with van der Waals surface area (Å²) in [6.45, 7) is 4.23. The molecule has 3 rings (SSSR count). The molecular formula is C15H22N2OS. The van der Waals surface area contributed by atoms with Crippen molar-refractivity contribution in [2.24, 2.45) is 0 Å². The summed E-state index contributed by atoms with van der Waals surface area (Å²) in [7, 11) is 0. The lowest BCUT2D eigenvalue weighted by Gasteiger charge is -2.20. The van der Waals surface area contributed by atoms with E-state index in [1.54, 1.807) is 10.4 Å². The van der Waals surface area contributed by atoms with Crippen LogP contribution in [-0.4, -0.2) is 29.9 Å². The number of hydrogen-bond donors (Lipinski definition) is 1. The number of carbonyl (C=O) groups excluding carboxylic acids is 1. The second kappa shape index (κ2) is 5.63. The smallest absolute Gasteiger partial charge is 0.236 e. The Morgan fingerprint density at radius 2 is 2.32 bits per heavy atom. The topological polar surface area (TPSA) is 32.3 Å². The molecule has 2 aliphatic rings. The van der Waals surface area contributed by atoms with E-state index >= 15 is 0 Å². The Kier molecular flexibility index (Phi) is 3.89. The number of carbonyl (C=O) groups is 1. The van der Waals surface area contributed by atoms with E-state index in [1.807, 2.05) is 16.2 Å². The van der Waals surface area contributed by atoms with Crippen LogP contribution >= 0.6 is 11.3 Å². The molecule has 0 aliphatic heterocycles. The second-order valence-corrected chi connectivity index (χ2v) is 6.75. The highest BCUT2D eigenvalue weighted by Crippen LogP contribution is 2.30. The monoisotopic (exact) mass is 278 g/mol. The molecule has 0 saturated heterocycles. The maximum atomic E-state index is 12.1. The lowest BCUT2D eigenvalue weighted by molar-refractivity contribution is -0.130. The molecule has 1 heterocycles. The zero-order valence-corrected chi connectivity index (χ0v) is 12.4. The molecule has 1 amide bonds. The minimum Gasteiger partial charge on any atom is -0.339 e. The highest BCUT2D eigenvalue weighted by molar-refractivity contribution is 7.12. The summed E-state index contributed by atoms with van der Waals surface area (Å²) in [5, 5.41) is 3.31.